The summed E-state index contributed by atoms with van der Waals surface area (Å²) in [6.45, 7) is 3.07. The van der Waals surface area contributed by atoms with Crippen LogP contribution in [0.1, 0.15) is 18.9 Å². The van der Waals surface area contributed by atoms with E-state index in [1.54, 1.807) is 0 Å². The number of nitrogens with zero attached hydrogens (tertiary/aromatic N) is 1. The first-order valence-corrected chi connectivity index (χ1v) is 5.69. The molecule has 2 rings (SSSR count). The Bertz CT molecular complexity index is 372. The van der Waals surface area contributed by atoms with Crippen molar-refractivity contribution in [2.45, 2.75) is 25.8 Å². The number of methoxy groups -OCH3 is 1. The fourth-order valence-electron chi connectivity index (χ4n) is 2.00. The van der Waals surface area contributed by atoms with E-state index in [0.29, 0.717) is 0 Å². The predicted molar refractivity (Wildman–Crippen MR) is 63.6 cm³/mol. The topological polar surface area (TPSA) is 29.5 Å². The summed E-state index contributed by atoms with van der Waals surface area (Å²) >= 11 is 0. The number of esters is 1. The van der Waals surface area contributed by atoms with Crippen LogP contribution in [0.25, 0.3) is 0 Å². The first-order chi connectivity index (χ1) is 7.76. The van der Waals surface area contributed by atoms with Crippen molar-refractivity contribution in [1.82, 2.24) is 0 Å². The van der Waals surface area contributed by atoms with E-state index in [-0.39, 0.29) is 12.0 Å². The summed E-state index contributed by atoms with van der Waals surface area (Å²) in [5.74, 6) is -0.134. The number of ether oxygens (including phenoxy) is 1. The highest BCUT2D eigenvalue weighted by Crippen LogP contribution is 2.27. The molecular weight excluding hydrogens is 202 g/mol. The maximum atomic E-state index is 11.4. The van der Waals surface area contributed by atoms with E-state index in [1.165, 1.54) is 12.7 Å². The van der Waals surface area contributed by atoms with Gasteiger partial charge in [-0.15, -0.1) is 0 Å². The van der Waals surface area contributed by atoms with Crippen LogP contribution in [-0.4, -0.2) is 25.7 Å². The molecule has 1 unspecified atom stereocenters. The number of aryl methyl sites for hydroxylation is 1. The van der Waals surface area contributed by atoms with Gasteiger partial charge in [-0.05, 0) is 30.5 Å². The highest BCUT2D eigenvalue weighted by Gasteiger charge is 2.34. The smallest absolute Gasteiger partial charge is 0.328 e. The van der Waals surface area contributed by atoms with Crippen molar-refractivity contribution in [3.63, 3.8) is 0 Å². The number of rotatable bonds is 3. The van der Waals surface area contributed by atoms with Crippen molar-refractivity contribution in [2.24, 2.45) is 0 Å². The molecule has 0 aliphatic carbocycles. The molecule has 0 amide bonds. The molecule has 1 aromatic rings. The van der Waals surface area contributed by atoms with E-state index in [9.17, 15) is 4.79 Å². The van der Waals surface area contributed by atoms with Gasteiger partial charge in [0.1, 0.15) is 6.04 Å². The zero-order chi connectivity index (χ0) is 11.5. The first-order valence-electron chi connectivity index (χ1n) is 5.69. The first kappa shape index (κ1) is 11.0. The van der Waals surface area contributed by atoms with Gasteiger partial charge < -0.3 is 9.64 Å². The standard InChI is InChI=1S/C13H17NO2/c1-3-10-4-6-11(7-5-10)14-9-8-12(14)13(15)16-2/h4-7,12H,3,8-9H2,1-2H3. The third-order valence-electron chi connectivity index (χ3n) is 3.17. The van der Waals surface area contributed by atoms with Crippen LogP contribution in [0.4, 0.5) is 5.69 Å². The lowest BCUT2D eigenvalue weighted by atomic mass is 10.0. The maximum absolute atomic E-state index is 11.4. The second-order valence-corrected chi connectivity index (χ2v) is 4.04. The van der Waals surface area contributed by atoms with Crippen LogP contribution in [-0.2, 0) is 16.0 Å². The molecule has 1 aliphatic heterocycles. The molecule has 86 valence electrons. The average Bonchev–Trinajstić information content (AvgIpc) is 2.28. The molecule has 3 heteroatoms. The summed E-state index contributed by atoms with van der Waals surface area (Å²) in [4.78, 5) is 13.5. The zero-order valence-corrected chi connectivity index (χ0v) is 9.77. The van der Waals surface area contributed by atoms with E-state index in [0.717, 1.165) is 25.1 Å². The van der Waals surface area contributed by atoms with Gasteiger partial charge >= 0.3 is 5.97 Å². The molecule has 0 spiro atoms. The molecule has 1 aromatic carbocycles. The van der Waals surface area contributed by atoms with Gasteiger partial charge in [-0.1, -0.05) is 19.1 Å². The Morgan fingerprint density at radius 2 is 2.12 bits per heavy atom. The van der Waals surface area contributed by atoms with E-state index in [4.69, 9.17) is 4.74 Å². The van der Waals surface area contributed by atoms with Gasteiger partial charge in [0.15, 0.2) is 0 Å². The summed E-state index contributed by atoms with van der Waals surface area (Å²) < 4.78 is 4.77. The van der Waals surface area contributed by atoms with Gasteiger partial charge in [-0.25, -0.2) is 4.79 Å². The minimum atomic E-state index is -0.134. The van der Waals surface area contributed by atoms with Crippen molar-refractivity contribution in [3.8, 4) is 0 Å². The largest absolute Gasteiger partial charge is 0.467 e. The van der Waals surface area contributed by atoms with Gasteiger partial charge in [0, 0.05) is 12.2 Å². The highest BCUT2D eigenvalue weighted by molar-refractivity contribution is 5.82. The molecular formula is C13H17NO2. The second-order valence-electron chi connectivity index (χ2n) is 4.04. The number of anilines is 1. The van der Waals surface area contributed by atoms with Crippen LogP contribution in [0.5, 0.6) is 0 Å². The third kappa shape index (κ3) is 1.90. The van der Waals surface area contributed by atoms with Crippen molar-refractivity contribution < 1.29 is 9.53 Å². The normalized spacial score (nSPS) is 19.1. The minimum absolute atomic E-state index is 0.0857. The molecule has 1 heterocycles. The molecule has 0 radical (unpaired) electrons. The Labute approximate surface area is 96.0 Å². The van der Waals surface area contributed by atoms with E-state index >= 15 is 0 Å². The van der Waals surface area contributed by atoms with Crippen LogP contribution in [0.2, 0.25) is 0 Å². The fraction of sp³-hybridized carbons (Fsp3) is 0.462. The van der Waals surface area contributed by atoms with Gasteiger partial charge in [0.2, 0.25) is 0 Å². The number of hydrogen-bond donors (Lipinski definition) is 0. The van der Waals surface area contributed by atoms with Gasteiger partial charge in [0.05, 0.1) is 7.11 Å². The van der Waals surface area contributed by atoms with Gasteiger partial charge in [-0.3, -0.25) is 0 Å². The molecule has 16 heavy (non-hydrogen) atoms. The van der Waals surface area contributed by atoms with Gasteiger partial charge in [-0.2, -0.15) is 0 Å². The summed E-state index contributed by atoms with van der Waals surface area (Å²) in [5, 5.41) is 0. The minimum Gasteiger partial charge on any atom is -0.467 e. The third-order valence-corrected chi connectivity index (χ3v) is 3.17. The zero-order valence-electron chi connectivity index (χ0n) is 9.77. The van der Waals surface area contributed by atoms with Gasteiger partial charge in [0.25, 0.3) is 0 Å². The van der Waals surface area contributed by atoms with Crippen molar-refractivity contribution in [3.05, 3.63) is 29.8 Å². The van der Waals surface area contributed by atoms with Crippen molar-refractivity contribution in [1.29, 1.82) is 0 Å². The monoisotopic (exact) mass is 219 g/mol. The molecule has 0 saturated carbocycles. The van der Waals surface area contributed by atoms with Crippen LogP contribution in [0, 0.1) is 0 Å². The van der Waals surface area contributed by atoms with E-state index < -0.39 is 0 Å². The Hall–Kier alpha value is -1.51. The number of hydrogen-bond acceptors (Lipinski definition) is 3. The van der Waals surface area contributed by atoms with Crippen LogP contribution < -0.4 is 4.90 Å². The summed E-state index contributed by atoms with van der Waals surface area (Å²) in [6.07, 6.45) is 1.93. The highest BCUT2D eigenvalue weighted by atomic mass is 16.5. The summed E-state index contributed by atoms with van der Waals surface area (Å²) in [7, 11) is 1.44. The van der Waals surface area contributed by atoms with E-state index in [1.807, 2.05) is 0 Å². The van der Waals surface area contributed by atoms with Crippen molar-refractivity contribution in [2.75, 3.05) is 18.6 Å². The molecule has 0 aromatic heterocycles. The molecule has 0 bridgehead atoms. The molecule has 3 nitrogen and oxygen atoms in total. The number of carbonyl (C=O) groups is 1. The quantitative estimate of drug-likeness (QED) is 0.728. The average molecular weight is 219 g/mol. The molecule has 1 fully saturated rings. The lowest BCUT2D eigenvalue weighted by Crippen LogP contribution is -2.53. The molecule has 0 N–H and O–H groups in total. The van der Waals surface area contributed by atoms with Crippen LogP contribution >= 0.6 is 0 Å². The summed E-state index contributed by atoms with van der Waals surface area (Å²) in [6, 6.07) is 8.30. The predicted octanol–water partition coefficient (Wildman–Crippen LogP) is 2.00. The van der Waals surface area contributed by atoms with Crippen LogP contribution in [0.15, 0.2) is 24.3 Å². The second kappa shape index (κ2) is 4.56. The number of carbonyl (C=O) groups excluding carboxylic acids is 1. The number of benzene rings is 1. The van der Waals surface area contributed by atoms with Crippen molar-refractivity contribution >= 4 is 11.7 Å². The molecule has 1 atom stereocenters. The maximum Gasteiger partial charge on any atom is 0.328 e. The Morgan fingerprint density at radius 1 is 1.44 bits per heavy atom. The Kier molecular flexibility index (Phi) is 3.13. The molecule has 1 aliphatic rings. The van der Waals surface area contributed by atoms with E-state index in [2.05, 4.69) is 36.1 Å². The Morgan fingerprint density at radius 3 is 2.56 bits per heavy atom. The van der Waals surface area contributed by atoms with Crippen LogP contribution in [0.3, 0.4) is 0 Å². The fourth-order valence-corrected chi connectivity index (χ4v) is 2.00. The summed E-state index contributed by atoms with van der Waals surface area (Å²) in [5.41, 5.74) is 2.43. The molecule has 1 saturated heterocycles. The lowest BCUT2D eigenvalue weighted by Gasteiger charge is -2.40. The SMILES string of the molecule is CCc1ccc(N2CCC2C(=O)OC)cc1. The lowest BCUT2D eigenvalue weighted by molar-refractivity contribution is -0.143. The Balaban J connectivity index is 2.09.